The van der Waals surface area contributed by atoms with Gasteiger partial charge in [-0.3, -0.25) is 4.79 Å². The molecule has 0 saturated heterocycles. The highest BCUT2D eigenvalue weighted by atomic mass is 19.4. The number of aromatic nitrogens is 1. The first kappa shape index (κ1) is 19.8. The zero-order chi connectivity index (χ0) is 22.9. The summed E-state index contributed by atoms with van der Waals surface area (Å²) in [6.07, 6.45) is -4.66. The number of hydrogen-bond acceptors (Lipinski definition) is 2. The third-order valence-corrected chi connectivity index (χ3v) is 6.41. The lowest BCUT2D eigenvalue weighted by molar-refractivity contribution is -0.137. The Balaban J connectivity index is 1.62. The topological polar surface area (TPSA) is 39.3 Å². The Morgan fingerprint density at radius 3 is 2.58 bits per heavy atom. The Kier molecular flexibility index (Phi) is 4.11. The fraction of sp³-hybridized carbons (Fsp3) is 0.160. The van der Waals surface area contributed by atoms with Crippen LogP contribution in [-0.4, -0.2) is 22.3 Å². The number of hydrogen-bond donors (Lipinski definition) is 1. The quantitative estimate of drug-likeness (QED) is 0.351. The van der Waals surface area contributed by atoms with Crippen molar-refractivity contribution in [3.8, 4) is 0 Å². The number of halogens is 4. The Labute approximate surface area is 186 Å². The van der Waals surface area contributed by atoms with E-state index in [0.29, 0.717) is 24.3 Å². The molecular formula is C25H17F4N3O. The average Bonchev–Trinajstić information content (AvgIpc) is 3.17. The lowest BCUT2D eigenvalue weighted by Gasteiger charge is -2.47. The summed E-state index contributed by atoms with van der Waals surface area (Å²) in [7, 11) is 0. The van der Waals surface area contributed by atoms with Gasteiger partial charge in [0.2, 0.25) is 0 Å². The smallest absolute Gasteiger partial charge is 0.355 e. The highest BCUT2D eigenvalue weighted by Gasteiger charge is 2.44. The summed E-state index contributed by atoms with van der Waals surface area (Å²) in [5.74, 6) is -0.949. The van der Waals surface area contributed by atoms with Crippen LogP contribution in [-0.2, 0) is 12.6 Å². The molecule has 1 unspecified atom stereocenters. The molecule has 2 aliphatic heterocycles. The summed E-state index contributed by atoms with van der Waals surface area (Å²) in [5, 5.41) is 1.04. The zero-order valence-electron chi connectivity index (χ0n) is 17.2. The first-order valence-corrected chi connectivity index (χ1v) is 10.5. The van der Waals surface area contributed by atoms with Crippen molar-refractivity contribution in [2.24, 2.45) is 0 Å². The Hall–Kier alpha value is -3.81. The molecule has 1 aromatic heterocycles. The standard InChI is InChI=1S/C25H17F4N3O/c26-15-4-3-5-16(13-15)32-21-9-8-14(25(27,28)29)12-19(21)24(33)31-11-10-18-17-6-1-2-7-20(17)30-22(18)23(31)32/h1-9,12-13,23,30H,10-11H2. The number of para-hydroxylation sites is 1. The van der Waals surface area contributed by atoms with Crippen LogP contribution in [0.25, 0.3) is 10.9 Å². The molecule has 0 radical (unpaired) electrons. The van der Waals surface area contributed by atoms with E-state index in [0.717, 1.165) is 34.3 Å². The van der Waals surface area contributed by atoms with Crippen LogP contribution in [0.5, 0.6) is 0 Å². The minimum Gasteiger partial charge on any atom is -0.355 e. The molecule has 166 valence electrons. The highest BCUT2D eigenvalue weighted by molar-refractivity contribution is 6.04. The van der Waals surface area contributed by atoms with Gasteiger partial charge in [0.15, 0.2) is 6.17 Å². The van der Waals surface area contributed by atoms with Crippen molar-refractivity contribution < 1.29 is 22.4 Å². The number of aromatic amines is 1. The molecular weight excluding hydrogens is 434 g/mol. The first-order chi connectivity index (χ1) is 15.8. The molecule has 4 nitrogen and oxygen atoms in total. The van der Waals surface area contributed by atoms with Gasteiger partial charge in [-0.25, -0.2) is 4.39 Å². The number of benzene rings is 3. The predicted octanol–water partition coefficient (Wildman–Crippen LogP) is 6.17. The molecule has 6 rings (SSSR count). The van der Waals surface area contributed by atoms with Gasteiger partial charge in [0.05, 0.1) is 22.5 Å². The van der Waals surface area contributed by atoms with Gasteiger partial charge >= 0.3 is 6.18 Å². The van der Waals surface area contributed by atoms with E-state index in [2.05, 4.69) is 4.98 Å². The molecule has 3 heterocycles. The van der Waals surface area contributed by atoms with Crippen LogP contribution in [0.1, 0.15) is 33.3 Å². The molecule has 0 bridgehead atoms. The summed E-state index contributed by atoms with van der Waals surface area (Å²) in [5.41, 5.74) is 2.56. The molecule has 0 aliphatic carbocycles. The van der Waals surface area contributed by atoms with E-state index in [9.17, 15) is 22.4 Å². The van der Waals surface area contributed by atoms with E-state index in [1.807, 2.05) is 24.3 Å². The number of rotatable bonds is 1. The number of alkyl halides is 3. The molecule has 4 aromatic rings. The highest BCUT2D eigenvalue weighted by Crippen LogP contribution is 2.48. The van der Waals surface area contributed by atoms with Gasteiger partial charge in [0.25, 0.3) is 5.91 Å². The largest absolute Gasteiger partial charge is 0.416 e. The number of H-pyrrole nitrogens is 1. The minimum absolute atomic E-state index is 0.0510. The summed E-state index contributed by atoms with van der Waals surface area (Å²) in [6, 6.07) is 16.8. The molecule has 1 amide bonds. The first-order valence-electron chi connectivity index (χ1n) is 10.5. The molecule has 8 heteroatoms. The van der Waals surface area contributed by atoms with E-state index in [1.165, 1.54) is 18.2 Å². The second-order valence-corrected chi connectivity index (χ2v) is 8.26. The van der Waals surface area contributed by atoms with Gasteiger partial charge < -0.3 is 14.8 Å². The van der Waals surface area contributed by atoms with Crippen LogP contribution >= 0.6 is 0 Å². The van der Waals surface area contributed by atoms with E-state index < -0.39 is 29.6 Å². The number of carbonyl (C=O) groups is 1. The van der Waals surface area contributed by atoms with Crippen molar-refractivity contribution in [1.29, 1.82) is 0 Å². The third kappa shape index (κ3) is 2.93. The Morgan fingerprint density at radius 1 is 0.970 bits per heavy atom. The number of anilines is 2. The zero-order valence-corrected chi connectivity index (χ0v) is 17.2. The molecule has 2 aliphatic rings. The SMILES string of the molecule is O=C1c2cc(C(F)(F)F)ccc2N(c2cccc(F)c2)C2c3[nH]c4ccccc4c3CCN12. The molecule has 0 saturated carbocycles. The van der Waals surface area contributed by atoms with Crippen molar-refractivity contribution in [2.75, 3.05) is 11.4 Å². The van der Waals surface area contributed by atoms with Gasteiger partial charge in [-0.1, -0.05) is 24.3 Å². The van der Waals surface area contributed by atoms with E-state index >= 15 is 0 Å². The molecule has 3 aromatic carbocycles. The van der Waals surface area contributed by atoms with Crippen molar-refractivity contribution in [3.63, 3.8) is 0 Å². The van der Waals surface area contributed by atoms with Crippen molar-refractivity contribution in [3.05, 3.63) is 94.9 Å². The van der Waals surface area contributed by atoms with Crippen molar-refractivity contribution >= 4 is 28.2 Å². The normalized spacial score (nSPS) is 17.7. The summed E-state index contributed by atoms with van der Waals surface area (Å²) < 4.78 is 54.5. The predicted molar refractivity (Wildman–Crippen MR) is 116 cm³/mol. The average molecular weight is 451 g/mol. The third-order valence-electron chi connectivity index (χ3n) is 6.41. The number of fused-ring (bicyclic) bond motifs is 6. The van der Waals surface area contributed by atoms with Gasteiger partial charge in [-0.05, 0) is 54.4 Å². The van der Waals surface area contributed by atoms with Crippen LogP contribution in [0, 0.1) is 5.82 Å². The number of amides is 1. The fourth-order valence-corrected chi connectivity index (χ4v) is 4.99. The lowest BCUT2D eigenvalue weighted by atomic mass is 9.94. The summed E-state index contributed by atoms with van der Waals surface area (Å²) in [6.45, 7) is 0.333. The Bertz CT molecular complexity index is 1420. The summed E-state index contributed by atoms with van der Waals surface area (Å²) in [4.78, 5) is 20.2. The Morgan fingerprint density at radius 2 is 1.79 bits per heavy atom. The lowest BCUT2D eigenvalue weighted by Crippen LogP contribution is -2.50. The molecule has 0 fully saturated rings. The van der Waals surface area contributed by atoms with Crippen LogP contribution in [0.15, 0.2) is 66.7 Å². The maximum Gasteiger partial charge on any atom is 0.416 e. The monoisotopic (exact) mass is 451 g/mol. The van der Waals surface area contributed by atoms with Crippen molar-refractivity contribution in [1.82, 2.24) is 9.88 Å². The molecule has 1 N–H and O–H groups in total. The van der Waals surface area contributed by atoms with Crippen LogP contribution in [0.4, 0.5) is 28.9 Å². The van der Waals surface area contributed by atoms with Gasteiger partial charge in [0.1, 0.15) is 5.82 Å². The molecule has 0 spiro atoms. The van der Waals surface area contributed by atoms with Crippen LogP contribution < -0.4 is 4.90 Å². The van der Waals surface area contributed by atoms with Crippen LogP contribution in [0.2, 0.25) is 0 Å². The maximum absolute atomic E-state index is 14.2. The van der Waals surface area contributed by atoms with Gasteiger partial charge in [-0.2, -0.15) is 13.2 Å². The van der Waals surface area contributed by atoms with E-state index in [-0.39, 0.29) is 5.56 Å². The maximum atomic E-state index is 14.2. The molecule has 33 heavy (non-hydrogen) atoms. The van der Waals surface area contributed by atoms with Gasteiger partial charge in [0, 0.05) is 23.1 Å². The van der Waals surface area contributed by atoms with E-state index in [4.69, 9.17) is 0 Å². The molecule has 1 atom stereocenters. The number of carbonyl (C=O) groups excluding carboxylic acids is 1. The fourth-order valence-electron chi connectivity index (χ4n) is 4.99. The van der Waals surface area contributed by atoms with Crippen LogP contribution in [0.3, 0.4) is 0 Å². The number of nitrogens with one attached hydrogen (secondary N) is 1. The van der Waals surface area contributed by atoms with E-state index in [1.54, 1.807) is 21.9 Å². The minimum atomic E-state index is -4.58. The van der Waals surface area contributed by atoms with Crippen molar-refractivity contribution in [2.45, 2.75) is 18.8 Å². The second kappa shape index (κ2) is 6.84. The summed E-state index contributed by atoms with van der Waals surface area (Å²) >= 11 is 0. The van der Waals surface area contributed by atoms with Gasteiger partial charge in [-0.15, -0.1) is 0 Å². The number of nitrogens with zero attached hydrogens (tertiary/aromatic N) is 2. The second-order valence-electron chi connectivity index (χ2n) is 8.26.